The number of hydrogen-bond acceptors (Lipinski definition) is 5. The van der Waals surface area contributed by atoms with Crippen LogP contribution in [-0.4, -0.2) is 32.9 Å². The average molecular weight is 232 g/mol. The first kappa shape index (κ1) is 9.61. The molecule has 0 amide bonds. The molecular formula is C5H4N4O5S. The van der Waals surface area contributed by atoms with Crippen LogP contribution in [0.15, 0.2) is 14.7 Å². The molecule has 0 radical (unpaired) electrons. The van der Waals surface area contributed by atoms with Crippen molar-refractivity contribution in [2.45, 2.75) is 5.16 Å². The van der Waals surface area contributed by atoms with Gasteiger partial charge in [-0.2, -0.15) is 13.4 Å². The van der Waals surface area contributed by atoms with Gasteiger partial charge in [-0.15, -0.1) is 0 Å². The van der Waals surface area contributed by atoms with Crippen LogP contribution in [0.5, 0.6) is 0 Å². The third-order valence-corrected chi connectivity index (χ3v) is 2.29. The molecule has 0 saturated heterocycles. The summed E-state index contributed by atoms with van der Waals surface area (Å²) in [7, 11) is -4.54. The maximum atomic E-state index is 11.1. The maximum absolute atomic E-state index is 11.1. The van der Waals surface area contributed by atoms with Crippen molar-refractivity contribution < 1.29 is 13.0 Å². The third-order valence-electron chi connectivity index (χ3n) is 1.61. The first-order valence-corrected chi connectivity index (χ1v) is 5.02. The Balaban J connectivity index is 2.95. The fourth-order valence-electron chi connectivity index (χ4n) is 1.03. The van der Waals surface area contributed by atoms with Crippen molar-refractivity contribution in [3.05, 3.63) is 20.8 Å². The predicted octanol–water partition coefficient (Wildman–Crippen LogP) is -1.81. The second-order valence-electron chi connectivity index (χ2n) is 2.65. The third kappa shape index (κ3) is 1.55. The molecule has 2 aromatic heterocycles. The van der Waals surface area contributed by atoms with Crippen LogP contribution in [0.25, 0.3) is 11.2 Å². The van der Waals surface area contributed by atoms with Gasteiger partial charge >= 0.3 is 15.8 Å². The number of rotatable bonds is 1. The Morgan fingerprint density at radius 1 is 1.13 bits per heavy atom. The minimum Gasteiger partial charge on any atom is -0.321 e. The van der Waals surface area contributed by atoms with Crippen LogP contribution >= 0.6 is 0 Å². The smallest absolute Gasteiger partial charge is 0.321 e. The molecule has 10 heteroatoms. The van der Waals surface area contributed by atoms with Crippen LogP contribution in [0.3, 0.4) is 0 Å². The summed E-state index contributed by atoms with van der Waals surface area (Å²) < 4.78 is 29.9. The molecule has 4 N–H and O–H groups in total. The van der Waals surface area contributed by atoms with Crippen molar-refractivity contribution in [1.82, 2.24) is 19.9 Å². The van der Waals surface area contributed by atoms with Crippen LogP contribution in [0.4, 0.5) is 0 Å². The lowest BCUT2D eigenvalue weighted by Gasteiger charge is -1.85. The van der Waals surface area contributed by atoms with Crippen molar-refractivity contribution in [3.8, 4) is 0 Å². The quantitative estimate of drug-likeness (QED) is 0.425. The number of fused-ring (bicyclic) bond motifs is 1. The van der Waals surface area contributed by atoms with Gasteiger partial charge in [-0.05, 0) is 0 Å². The van der Waals surface area contributed by atoms with E-state index in [9.17, 15) is 18.0 Å². The fourth-order valence-corrected chi connectivity index (χ4v) is 1.47. The average Bonchev–Trinajstić information content (AvgIpc) is 2.46. The molecule has 0 fully saturated rings. The predicted molar refractivity (Wildman–Crippen MR) is 47.1 cm³/mol. The summed E-state index contributed by atoms with van der Waals surface area (Å²) in [5, 5.41) is -0.801. The first-order chi connectivity index (χ1) is 6.88. The van der Waals surface area contributed by atoms with Crippen molar-refractivity contribution in [1.29, 1.82) is 0 Å². The van der Waals surface area contributed by atoms with Crippen LogP contribution in [-0.2, 0) is 10.1 Å². The number of nitrogens with zero attached hydrogens (tertiary/aromatic N) is 1. The van der Waals surface area contributed by atoms with Gasteiger partial charge in [-0.3, -0.25) is 19.3 Å². The molecule has 15 heavy (non-hydrogen) atoms. The number of aromatic nitrogens is 4. The van der Waals surface area contributed by atoms with Gasteiger partial charge in [0.05, 0.1) is 0 Å². The van der Waals surface area contributed by atoms with E-state index in [0.717, 1.165) is 0 Å². The number of hydrogen-bond donors (Lipinski definition) is 4. The molecule has 2 rings (SSSR count). The van der Waals surface area contributed by atoms with Gasteiger partial charge in [-0.25, -0.2) is 4.79 Å². The lowest BCUT2D eigenvalue weighted by atomic mass is 10.5. The zero-order valence-electron chi connectivity index (χ0n) is 6.94. The van der Waals surface area contributed by atoms with Gasteiger partial charge in [0.25, 0.3) is 10.7 Å². The van der Waals surface area contributed by atoms with Crippen LogP contribution in [0.1, 0.15) is 0 Å². The Labute approximate surface area is 80.9 Å². The summed E-state index contributed by atoms with van der Waals surface area (Å²) in [6.07, 6.45) is 0. The van der Waals surface area contributed by atoms with E-state index >= 15 is 0 Å². The minimum absolute atomic E-state index is 0.234. The fraction of sp³-hybridized carbons (Fsp3) is 0. The second kappa shape index (κ2) is 2.77. The molecule has 9 nitrogen and oxygen atoms in total. The van der Waals surface area contributed by atoms with Gasteiger partial charge < -0.3 is 4.98 Å². The molecule has 0 atom stereocenters. The van der Waals surface area contributed by atoms with Gasteiger partial charge in [0.15, 0.2) is 11.2 Å². The van der Waals surface area contributed by atoms with Crippen LogP contribution < -0.4 is 11.2 Å². The van der Waals surface area contributed by atoms with Crippen molar-refractivity contribution in [2.24, 2.45) is 0 Å². The standard InChI is InChI=1S/C5H4N4O5S/c10-3-1-2(7-4(11)9-3)8-5(6-1)15(12,13)14/h(H,12,13,14)(H3,6,7,8,9,10,11). The molecule has 80 valence electrons. The van der Waals surface area contributed by atoms with Gasteiger partial charge in [0.1, 0.15) is 0 Å². The van der Waals surface area contributed by atoms with Crippen molar-refractivity contribution in [3.63, 3.8) is 0 Å². The largest absolute Gasteiger partial charge is 0.328 e. The Morgan fingerprint density at radius 2 is 1.80 bits per heavy atom. The molecule has 0 aromatic carbocycles. The van der Waals surface area contributed by atoms with Gasteiger partial charge in [0.2, 0.25) is 0 Å². The Morgan fingerprint density at radius 3 is 2.40 bits per heavy atom. The zero-order chi connectivity index (χ0) is 11.2. The van der Waals surface area contributed by atoms with Crippen molar-refractivity contribution >= 4 is 21.3 Å². The van der Waals surface area contributed by atoms with E-state index in [4.69, 9.17) is 4.55 Å². The Kier molecular flexibility index (Phi) is 1.78. The minimum atomic E-state index is -4.54. The lowest BCUT2D eigenvalue weighted by Crippen LogP contribution is -2.21. The normalized spacial score (nSPS) is 12.1. The summed E-state index contributed by atoms with van der Waals surface area (Å²) in [6, 6.07) is 0. The maximum Gasteiger partial charge on any atom is 0.328 e. The van der Waals surface area contributed by atoms with E-state index < -0.39 is 26.5 Å². The molecule has 0 spiro atoms. The highest BCUT2D eigenvalue weighted by molar-refractivity contribution is 7.85. The van der Waals surface area contributed by atoms with Gasteiger partial charge in [0, 0.05) is 0 Å². The molecular weight excluding hydrogens is 228 g/mol. The molecule has 0 unspecified atom stereocenters. The zero-order valence-corrected chi connectivity index (χ0v) is 7.75. The van der Waals surface area contributed by atoms with E-state index in [0.29, 0.717) is 0 Å². The Hall–Kier alpha value is -1.94. The van der Waals surface area contributed by atoms with Gasteiger partial charge in [-0.1, -0.05) is 0 Å². The molecule has 2 aromatic rings. The summed E-state index contributed by atoms with van der Waals surface area (Å²) in [6.45, 7) is 0. The van der Waals surface area contributed by atoms with E-state index in [-0.39, 0.29) is 11.2 Å². The molecule has 2 heterocycles. The highest BCUT2D eigenvalue weighted by atomic mass is 32.2. The molecule has 0 aliphatic carbocycles. The van der Waals surface area contributed by atoms with E-state index in [2.05, 4.69) is 15.0 Å². The molecule has 0 aliphatic heterocycles. The van der Waals surface area contributed by atoms with Crippen LogP contribution in [0, 0.1) is 0 Å². The number of H-pyrrole nitrogens is 3. The number of imidazole rings is 1. The van der Waals surface area contributed by atoms with Crippen LogP contribution in [0.2, 0.25) is 0 Å². The molecule has 0 aliphatic rings. The van der Waals surface area contributed by atoms with Crippen molar-refractivity contribution in [2.75, 3.05) is 0 Å². The number of nitrogens with one attached hydrogen (secondary N) is 3. The van der Waals surface area contributed by atoms with E-state index in [1.165, 1.54) is 0 Å². The highest BCUT2D eigenvalue weighted by Crippen LogP contribution is 2.06. The Bertz CT molecular complexity index is 735. The van der Waals surface area contributed by atoms with E-state index in [1.54, 1.807) is 0 Å². The summed E-state index contributed by atoms with van der Waals surface area (Å²) in [5.41, 5.74) is -2.12. The SMILES string of the molecule is O=c1[nH]c(=O)c2[nH]c(S(=O)(=O)O)nc2[nH]1. The monoisotopic (exact) mass is 232 g/mol. The number of aromatic amines is 3. The first-order valence-electron chi connectivity index (χ1n) is 3.58. The summed E-state index contributed by atoms with van der Waals surface area (Å²) in [5.74, 6) is 0. The van der Waals surface area contributed by atoms with E-state index in [1.807, 2.05) is 4.98 Å². The summed E-state index contributed by atoms with van der Waals surface area (Å²) in [4.78, 5) is 31.3. The molecule has 0 saturated carbocycles. The second-order valence-corrected chi connectivity index (χ2v) is 3.99. The lowest BCUT2D eigenvalue weighted by molar-refractivity contribution is 0.476. The highest BCUT2D eigenvalue weighted by Gasteiger charge is 2.17. The summed E-state index contributed by atoms with van der Waals surface area (Å²) >= 11 is 0. The molecule has 0 bridgehead atoms. The topological polar surface area (TPSA) is 149 Å².